The molecule has 0 aliphatic heterocycles. The Labute approximate surface area is 199 Å². The lowest BCUT2D eigenvalue weighted by Gasteiger charge is -2.42. The molecule has 0 saturated carbocycles. The molecule has 0 amide bonds. The van der Waals surface area contributed by atoms with Crippen molar-refractivity contribution in [2.45, 2.75) is 58.3 Å². The Kier molecular flexibility index (Phi) is 5.74. The van der Waals surface area contributed by atoms with Crippen molar-refractivity contribution in [2.24, 2.45) is 0 Å². The minimum Gasteiger partial charge on any atom is -0.397 e. The molecule has 2 nitrogen and oxygen atoms in total. The van der Waals surface area contributed by atoms with E-state index in [1.165, 1.54) is 35.1 Å². The molecule has 0 aromatic heterocycles. The topological polar surface area (TPSA) is 38.0 Å². The molecule has 0 bridgehead atoms. The van der Waals surface area contributed by atoms with Crippen molar-refractivity contribution < 1.29 is 0 Å². The Morgan fingerprint density at radius 2 is 1.36 bits per heavy atom. The van der Waals surface area contributed by atoms with Gasteiger partial charge in [-0.3, -0.25) is 0 Å². The fourth-order valence-electron chi connectivity index (χ4n) is 4.92. The number of nitrogens with one attached hydrogen (secondary N) is 1. The van der Waals surface area contributed by atoms with Gasteiger partial charge in [0.15, 0.2) is 0 Å². The summed E-state index contributed by atoms with van der Waals surface area (Å²) in [6.07, 6.45) is 2.43. The number of hydrogen-bond acceptors (Lipinski definition) is 2. The average Bonchev–Trinajstić information content (AvgIpc) is 2.78. The first kappa shape index (κ1) is 22.9. The van der Waals surface area contributed by atoms with Crippen LogP contribution in [0.1, 0.15) is 73.9 Å². The normalized spacial score (nSPS) is 16.0. The highest BCUT2D eigenvalue weighted by atomic mass is 14.9. The number of fused-ring (bicyclic) bond motifs is 1. The molecule has 1 aliphatic carbocycles. The quantitative estimate of drug-likeness (QED) is 0.397. The molecule has 0 radical (unpaired) electrons. The monoisotopic (exact) mass is 436 g/mol. The Hall–Kier alpha value is -3.26. The first-order chi connectivity index (χ1) is 15.5. The van der Waals surface area contributed by atoms with Crippen molar-refractivity contribution in [2.75, 3.05) is 11.1 Å². The molecule has 3 aromatic carbocycles. The average molecular weight is 437 g/mol. The molecule has 0 atom stereocenters. The number of hydrogen-bond donors (Lipinski definition) is 2. The highest BCUT2D eigenvalue weighted by Crippen LogP contribution is 2.47. The second-order valence-electron chi connectivity index (χ2n) is 10.7. The van der Waals surface area contributed by atoms with Crippen LogP contribution in [0.3, 0.4) is 0 Å². The largest absolute Gasteiger partial charge is 0.397 e. The number of benzene rings is 3. The lowest BCUT2D eigenvalue weighted by molar-refractivity contribution is 0.331. The van der Waals surface area contributed by atoms with Gasteiger partial charge in [0.25, 0.3) is 0 Å². The number of anilines is 2. The third kappa shape index (κ3) is 4.35. The van der Waals surface area contributed by atoms with E-state index < -0.39 is 0 Å². The van der Waals surface area contributed by atoms with E-state index in [1.807, 2.05) is 24.3 Å². The number of nitrogens with two attached hydrogens (primary N) is 1. The second-order valence-corrected chi connectivity index (χ2v) is 10.7. The van der Waals surface area contributed by atoms with Crippen molar-refractivity contribution in [3.05, 3.63) is 107 Å². The number of nitrogen functional groups attached to an aromatic ring is 1. The molecule has 0 fully saturated rings. The summed E-state index contributed by atoms with van der Waals surface area (Å²) in [4.78, 5) is 0. The third-order valence-corrected chi connectivity index (χ3v) is 7.35. The summed E-state index contributed by atoms with van der Waals surface area (Å²) >= 11 is 0. The predicted octanol–water partition coefficient (Wildman–Crippen LogP) is 8.07. The van der Waals surface area contributed by atoms with Gasteiger partial charge < -0.3 is 11.1 Å². The Balaban J connectivity index is 1.61. The lowest BCUT2D eigenvalue weighted by Crippen LogP contribution is -2.34. The summed E-state index contributed by atoms with van der Waals surface area (Å²) in [5, 5.41) is 3.32. The van der Waals surface area contributed by atoms with E-state index in [0.29, 0.717) is 5.69 Å². The summed E-state index contributed by atoms with van der Waals surface area (Å²) < 4.78 is 0. The molecular formula is C31H36N2. The SMILES string of the molecule is C=C(Nc1ccccc1N)c1ccc(C(=C)c2cc3c(cc2C)C(C)(C)CCC3(C)C)cc1. The fourth-order valence-corrected chi connectivity index (χ4v) is 4.92. The lowest BCUT2D eigenvalue weighted by atomic mass is 9.62. The zero-order valence-electron chi connectivity index (χ0n) is 20.7. The maximum atomic E-state index is 6.06. The van der Waals surface area contributed by atoms with Gasteiger partial charge in [-0.2, -0.15) is 0 Å². The maximum absolute atomic E-state index is 6.06. The summed E-state index contributed by atoms with van der Waals surface area (Å²) in [5.74, 6) is 0. The molecule has 3 aromatic rings. The predicted molar refractivity (Wildman–Crippen MR) is 145 cm³/mol. The van der Waals surface area contributed by atoms with E-state index >= 15 is 0 Å². The van der Waals surface area contributed by atoms with Crippen molar-refractivity contribution in [3.63, 3.8) is 0 Å². The van der Waals surface area contributed by atoms with Crippen LogP contribution in [0.25, 0.3) is 11.3 Å². The molecule has 33 heavy (non-hydrogen) atoms. The van der Waals surface area contributed by atoms with E-state index in [1.54, 1.807) is 0 Å². The van der Waals surface area contributed by atoms with E-state index in [2.05, 4.69) is 89.5 Å². The molecule has 0 saturated heterocycles. The van der Waals surface area contributed by atoms with Crippen LogP contribution in [0, 0.1) is 6.92 Å². The first-order valence-electron chi connectivity index (χ1n) is 11.8. The van der Waals surface area contributed by atoms with Crippen LogP contribution in [-0.2, 0) is 10.8 Å². The van der Waals surface area contributed by atoms with Crippen molar-refractivity contribution >= 4 is 22.6 Å². The van der Waals surface area contributed by atoms with E-state index in [-0.39, 0.29) is 10.8 Å². The number of rotatable bonds is 5. The van der Waals surface area contributed by atoms with Crippen LogP contribution in [-0.4, -0.2) is 0 Å². The fraction of sp³-hybridized carbons (Fsp3) is 0.290. The van der Waals surface area contributed by atoms with Gasteiger partial charge in [-0.05, 0) is 81.7 Å². The molecule has 2 heteroatoms. The molecule has 1 aliphatic rings. The van der Waals surface area contributed by atoms with Crippen LogP contribution < -0.4 is 11.1 Å². The molecule has 0 unspecified atom stereocenters. The molecule has 0 heterocycles. The molecule has 3 N–H and O–H groups in total. The van der Waals surface area contributed by atoms with Crippen molar-refractivity contribution in [1.29, 1.82) is 0 Å². The van der Waals surface area contributed by atoms with E-state index in [0.717, 1.165) is 28.1 Å². The second kappa shape index (κ2) is 8.26. The van der Waals surface area contributed by atoms with Gasteiger partial charge in [-0.15, -0.1) is 0 Å². The first-order valence-corrected chi connectivity index (χ1v) is 11.8. The Morgan fingerprint density at radius 1 is 0.818 bits per heavy atom. The summed E-state index contributed by atoms with van der Waals surface area (Å²) in [7, 11) is 0. The minimum absolute atomic E-state index is 0.181. The van der Waals surface area contributed by atoms with Gasteiger partial charge >= 0.3 is 0 Å². The summed E-state index contributed by atoms with van der Waals surface area (Å²) in [6, 6.07) is 21.0. The van der Waals surface area contributed by atoms with Gasteiger partial charge in [0, 0.05) is 5.70 Å². The third-order valence-electron chi connectivity index (χ3n) is 7.35. The smallest absolute Gasteiger partial charge is 0.0617 e. The van der Waals surface area contributed by atoms with Crippen molar-refractivity contribution in [1.82, 2.24) is 0 Å². The maximum Gasteiger partial charge on any atom is 0.0617 e. The van der Waals surface area contributed by atoms with Gasteiger partial charge in [0.2, 0.25) is 0 Å². The number of aryl methyl sites for hydroxylation is 1. The van der Waals surface area contributed by atoms with Gasteiger partial charge in [-0.1, -0.05) is 89.4 Å². The van der Waals surface area contributed by atoms with E-state index in [9.17, 15) is 0 Å². The summed E-state index contributed by atoms with van der Waals surface area (Å²) in [5.41, 5.74) is 17.5. The highest BCUT2D eigenvalue weighted by Gasteiger charge is 2.37. The summed E-state index contributed by atoms with van der Waals surface area (Å²) in [6.45, 7) is 20.4. The van der Waals surface area contributed by atoms with Gasteiger partial charge in [-0.25, -0.2) is 0 Å². The Bertz CT molecular complexity index is 1230. The zero-order valence-corrected chi connectivity index (χ0v) is 20.7. The van der Waals surface area contributed by atoms with Crippen LogP contribution in [0.4, 0.5) is 11.4 Å². The van der Waals surface area contributed by atoms with Gasteiger partial charge in [0.1, 0.15) is 0 Å². The van der Waals surface area contributed by atoms with Gasteiger partial charge in [0.05, 0.1) is 11.4 Å². The van der Waals surface area contributed by atoms with Crippen LogP contribution >= 0.6 is 0 Å². The van der Waals surface area contributed by atoms with E-state index in [4.69, 9.17) is 5.73 Å². The highest BCUT2D eigenvalue weighted by molar-refractivity contribution is 5.84. The van der Waals surface area contributed by atoms with Crippen LogP contribution in [0.5, 0.6) is 0 Å². The van der Waals surface area contributed by atoms with Crippen LogP contribution in [0.15, 0.2) is 73.8 Å². The van der Waals surface area contributed by atoms with Crippen molar-refractivity contribution in [3.8, 4) is 0 Å². The molecule has 0 spiro atoms. The molecule has 170 valence electrons. The van der Waals surface area contributed by atoms with Crippen LogP contribution in [0.2, 0.25) is 0 Å². The minimum atomic E-state index is 0.181. The Morgan fingerprint density at radius 3 is 1.97 bits per heavy atom. The molecule has 4 rings (SSSR count). The molecular weight excluding hydrogens is 400 g/mol. The number of para-hydroxylation sites is 2. The zero-order chi connectivity index (χ0) is 24.0. The standard InChI is InChI=1S/C31H36N2/c1-20-18-26-27(31(6,7)17-16-30(26,4)5)19-25(20)21(2)23-12-14-24(15-13-23)22(3)33-29-11-9-8-10-28(29)32/h8-15,18-19,33H,2-3,16-17,32H2,1,4-7H3.